The van der Waals surface area contributed by atoms with Crippen LogP contribution < -0.4 is 9.80 Å². The second-order valence-electron chi connectivity index (χ2n) is 7.90. The number of carbonyl (C=O) groups excluding carboxylic acids is 1. The maximum Gasteiger partial charge on any atom is 0.255 e. The summed E-state index contributed by atoms with van der Waals surface area (Å²) in [5.41, 5.74) is 5.88. The zero-order chi connectivity index (χ0) is 20.5. The summed E-state index contributed by atoms with van der Waals surface area (Å²) in [7, 11) is 0. The Kier molecular flexibility index (Phi) is 5.09. The summed E-state index contributed by atoms with van der Waals surface area (Å²) in [6.45, 7) is 4.99. The summed E-state index contributed by atoms with van der Waals surface area (Å²) in [5, 5.41) is 0.518. The minimum Gasteiger partial charge on any atom is -0.368 e. The average Bonchev–Trinajstić information content (AvgIpc) is 3.24. The highest BCUT2D eigenvalue weighted by Crippen LogP contribution is 2.30. The number of rotatable bonds is 3. The smallest absolute Gasteiger partial charge is 0.255 e. The number of hydrogen-bond donors (Lipinski definition) is 0. The molecular weight excluding hydrogens is 394 g/mol. The Morgan fingerprint density at radius 2 is 1.20 bits per heavy atom. The maximum atomic E-state index is 12.8. The summed E-state index contributed by atoms with van der Waals surface area (Å²) >= 11 is 6.20. The Morgan fingerprint density at radius 1 is 0.667 bits per heavy atom. The molecule has 1 saturated heterocycles. The molecule has 0 N–H and O–H groups in total. The molecular formula is C25H24ClN3O. The normalized spacial score (nSPS) is 16.0. The van der Waals surface area contributed by atoms with E-state index in [1.54, 1.807) is 12.1 Å². The van der Waals surface area contributed by atoms with Crippen LogP contribution in [-0.4, -0.2) is 37.0 Å². The Bertz CT molecular complexity index is 1030. The van der Waals surface area contributed by atoms with Crippen LogP contribution in [0.3, 0.4) is 0 Å². The molecule has 0 atom stereocenters. The number of amides is 1. The number of anilines is 2. The number of carbonyl (C=O) groups is 1. The van der Waals surface area contributed by atoms with Gasteiger partial charge in [-0.25, -0.2) is 0 Å². The van der Waals surface area contributed by atoms with Crippen LogP contribution in [0.2, 0.25) is 5.02 Å². The molecule has 0 radical (unpaired) electrons. The van der Waals surface area contributed by atoms with Crippen molar-refractivity contribution in [1.29, 1.82) is 0 Å². The predicted octanol–water partition coefficient (Wildman–Crippen LogP) is 4.82. The minimum absolute atomic E-state index is 0.0178. The van der Waals surface area contributed by atoms with Gasteiger partial charge in [0.2, 0.25) is 0 Å². The van der Waals surface area contributed by atoms with Crippen molar-refractivity contribution in [3.8, 4) is 0 Å². The van der Waals surface area contributed by atoms with Crippen LogP contribution >= 0.6 is 11.6 Å². The maximum absolute atomic E-state index is 12.8. The Balaban J connectivity index is 1.21. The van der Waals surface area contributed by atoms with E-state index in [0.29, 0.717) is 23.7 Å². The lowest BCUT2D eigenvalue weighted by Gasteiger charge is -2.36. The first-order chi connectivity index (χ1) is 14.7. The van der Waals surface area contributed by atoms with E-state index in [-0.39, 0.29) is 5.91 Å². The van der Waals surface area contributed by atoms with E-state index in [4.69, 9.17) is 11.6 Å². The zero-order valence-corrected chi connectivity index (χ0v) is 17.6. The number of benzene rings is 3. The van der Waals surface area contributed by atoms with Crippen molar-refractivity contribution >= 4 is 28.9 Å². The number of piperazine rings is 1. The fourth-order valence-electron chi connectivity index (χ4n) is 4.36. The average molecular weight is 418 g/mol. The molecule has 0 aromatic heterocycles. The third-order valence-corrected chi connectivity index (χ3v) is 6.42. The largest absolute Gasteiger partial charge is 0.368 e. The Hall–Kier alpha value is -2.98. The number of nitrogens with zero attached hydrogens (tertiary/aromatic N) is 3. The molecule has 4 nitrogen and oxygen atoms in total. The van der Waals surface area contributed by atoms with Gasteiger partial charge in [-0.1, -0.05) is 48.0 Å². The molecule has 1 amide bonds. The van der Waals surface area contributed by atoms with Gasteiger partial charge in [0.1, 0.15) is 0 Å². The standard InChI is InChI=1S/C25H24ClN3O/c26-24-8-4-3-7-23(24)25(30)28-15-13-27(14-16-28)21-9-11-22(12-10-21)29-17-19-5-1-2-6-20(19)18-29/h1-12H,13-18H2. The number of halogens is 1. The quantitative estimate of drug-likeness (QED) is 0.611. The van der Waals surface area contributed by atoms with E-state index in [1.165, 1.54) is 22.5 Å². The lowest BCUT2D eigenvalue weighted by Crippen LogP contribution is -2.48. The molecule has 0 unspecified atom stereocenters. The molecule has 3 aromatic carbocycles. The van der Waals surface area contributed by atoms with Crippen molar-refractivity contribution < 1.29 is 4.79 Å². The zero-order valence-electron chi connectivity index (χ0n) is 16.8. The van der Waals surface area contributed by atoms with E-state index in [1.807, 2.05) is 17.0 Å². The molecule has 30 heavy (non-hydrogen) atoms. The molecule has 5 heteroatoms. The summed E-state index contributed by atoms with van der Waals surface area (Å²) < 4.78 is 0. The number of fused-ring (bicyclic) bond motifs is 1. The molecule has 0 bridgehead atoms. The molecule has 2 aliphatic heterocycles. The first-order valence-electron chi connectivity index (χ1n) is 10.4. The van der Waals surface area contributed by atoms with Gasteiger partial charge in [0.25, 0.3) is 5.91 Å². The molecule has 3 aromatic rings. The van der Waals surface area contributed by atoms with Crippen molar-refractivity contribution in [2.24, 2.45) is 0 Å². The van der Waals surface area contributed by atoms with Crippen molar-refractivity contribution in [1.82, 2.24) is 4.90 Å². The van der Waals surface area contributed by atoms with Crippen molar-refractivity contribution in [3.05, 3.63) is 94.5 Å². The molecule has 0 saturated carbocycles. The first-order valence-corrected chi connectivity index (χ1v) is 10.8. The highest BCUT2D eigenvalue weighted by Gasteiger charge is 2.24. The fourth-order valence-corrected chi connectivity index (χ4v) is 4.58. The predicted molar refractivity (Wildman–Crippen MR) is 122 cm³/mol. The van der Waals surface area contributed by atoms with Crippen LogP contribution in [-0.2, 0) is 13.1 Å². The third-order valence-electron chi connectivity index (χ3n) is 6.09. The van der Waals surface area contributed by atoms with Crippen LogP contribution in [0.4, 0.5) is 11.4 Å². The van der Waals surface area contributed by atoms with Gasteiger partial charge in [-0.2, -0.15) is 0 Å². The molecule has 0 aliphatic carbocycles. The van der Waals surface area contributed by atoms with Gasteiger partial charge in [0.05, 0.1) is 10.6 Å². The molecule has 1 fully saturated rings. The molecule has 2 aliphatic rings. The monoisotopic (exact) mass is 417 g/mol. The van der Waals surface area contributed by atoms with Crippen LogP contribution in [0.1, 0.15) is 21.5 Å². The van der Waals surface area contributed by atoms with Gasteiger partial charge in [0.15, 0.2) is 0 Å². The van der Waals surface area contributed by atoms with E-state index in [2.05, 4.69) is 58.3 Å². The van der Waals surface area contributed by atoms with Gasteiger partial charge in [-0.15, -0.1) is 0 Å². The molecule has 0 spiro atoms. The number of hydrogen-bond acceptors (Lipinski definition) is 3. The summed E-state index contributed by atoms with van der Waals surface area (Å²) in [6.07, 6.45) is 0. The Labute approximate surface area is 182 Å². The first kappa shape index (κ1) is 19.0. The third kappa shape index (κ3) is 3.63. The van der Waals surface area contributed by atoms with E-state index < -0.39 is 0 Å². The van der Waals surface area contributed by atoms with Gasteiger partial charge >= 0.3 is 0 Å². The molecule has 5 rings (SSSR count). The molecule has 2 heterocycles. The van der Waals surface area contributed by atoms with Gasteiger partial charge in [-0.05, 0) is 47.5 Å². The summed E-state index contributed by atoms with van der Waals surface area (Å²) in [6, 6.07) is 24.7. The van der Waals surface area contributed by atoms with Crippen molar-refractivity contribution in [3.63, 3.8) is 0 Å². The highest BCUT2D eigenvalue weighted by atomic mass is 35.5. The highest BCUT2D eigenvalue weighted by molar-refractivity contribution is 6.33. The fraction of sp³-hybridized carbons (Fsp3) is 0.240. The van der Waals surface area contributed by atoms with E-state index in [9.17, 15) is 4.79 Å². The molecule has 152 valence electrons. The van der Waals surface area contributed by atoms with Crippen LogP contribution in [0, 0.1) is 0 Å². The van der Waals surface area contributed by atoms with Crippen molar-refractivity contribution in [2.45, 2.75) is 13.1 Å². The minimum atomic E-state index is 0.0178. The van der Waals surface area contributed by atoms with E-state index in [0.717, 1.165) is 26.2 Å². The van der Waals surface area contributed by atoms with Crippen molar-refractivity contribution in [2.75, 3.05) is 36.0 Å². The van der Waals surface area contributed by atoms with Gasteiger partial charge in [0, 0.05) is 50.6 Å². The Morgan fingerprint density at radius 3 is 1.80 bits per heavy atom. The summed E-state index contributed by atoms with van der Waals surface area (Å²) in [4.78, 5) is 19.4. The van der Waals surface area contributed by atoms with E-state index >= 15 is 0 Å². The topological polar surface area (TPSA) is 26.8 Å². The second-order valence-corrected chi connectivity index (χ2v) is 8.31. The van der Waals surface area contributed by atoms with Gasteiger partial charge < -0.3 is 14.7 Å². The lowest BCUT2D eigenvalue weighted by molar-refractivity contribution is 0.0747. The van der Waals surface area contributed by atoms with Crippen LogP contribution in [0.5, 0.6) is 0 Å². The van der Waals surface area contributed by atoms with Gasteiger partial charge in [-0.3, -0.25) is 4.79 Å². The second kappa shape index (κ2) is 8.04. The van der Waals surface area contributed by atoms with Crippen LogP contribution in [0.15, 0.2) is 72.8 Å². The van der Waals surface area contributed by atoms with Crippen LogP contribution in [0.25, 0.3) is 0 Å². The summed E-state index contributed by atoms with van der Waals surface area (Å²) in [5.74, 6) is 0.0178. The lowest BCUT2D eigenvalue weighted by atomic mass is 10.1. The SMILES string of the molecule is O=C(c1ccccc1Cl)N1CCN(c2ccc(N3Cc4ccccc4C3)cc2)CC1.